The van der Waals surface area contributed by atoms with E-state index in [9.17, 15) is 14.7 Å². The fourth-order valence-electron chi connectivity index (χ4n) is 2.20. The Hall–Kier alpha value is -1.34. The summed E-state index contributed by atoms with van der Waals surface area (Å²) in [4.78, 5) is 25.3. The van der Waals surface area contributed by atoms with Gasteiger partial charge in [-0.3, -0.25) is 9.59 Å². The molecule has 0 saturated carbocycles. The van der Waals surface area contributed by atoms with Gasteiger partial charge in [0, 0.05) is 19.0 Å². The number of nitrogens with one attached hydrogen (secondary N) is 1. The minimum atomic E-state index is -0.421. The number of hydrogen-bond donors (Lipinski definition) is 2. The summed E-state index contributed by atoms with van der Waals surface area (Å²) in [5.74, 6) is -0.286. The van der Waals surface area contributed by atoms with Crippen LogP contribution in [0.25, 0.3) is 0 Å². The zero-order valence-corrected chi connectivity index (χ0v) is 12.7. The Labute approximate surface area is 125 Å². The number of aliphatic hydroxyl groups excluding tert-OH is 1. The summed E-state index contributed by atoms with van der Waals surface area (Å²) in [6.45, 7) is 2.83. The van der Waals surface area contributed by atoms with Crippen molar-refractivity contribution >= 4 is 27.7 Å². The lowest BCUT2D eigenvalue weighted by atomic mass is 10.0. The molecule has 2 heterocycles. The Morgan fingerprint density at radius 3 is 2.90 bits per heavy atom. The number of nitrogens with zero attached hydrogens (tertiary/aromatic N) is 1. The molecule has 6 nitrogen and oxygen atoms in total. The first-order valence-corrected chi connectivity index (χ1v) is 7.26. The lowest BCUT2D eigenvalue weighted by Gasteiger charge is -2.17. The van der Waals surface area contributed by atoms with Gasteiger partial charge in [0.05, 0.1) is 12.6 Å². The van der Waals surface area contributed by atoms with E-state index in [0.29, 0.717) is 17.8 Å². The molecular weight excluding hydrogens is 328 g/mol. The smallest absolute Gasteiger partial charge is 0.287 e. The molecule has 1 fully saturated rings. The third-order valence-electron chi connectivity index (χ3n) is 3.46. The van der Waals surface area contributed by atoms with Crippen molar-refractivity contribution in [3.8, 4) is 0 Å². The molecular formula is C13H17BrN2O4. The highest BCUT2D eigenvalue weighted by atomic mass is 79.9. The maximum Gasteiger partial charge on any atom is 0.287 e. The van der Waals surface area contributed by atoms with Gasteiger partial charge in [0.1, 0.15) is 0 Å². The summed E-state index contributed by atoms with van der Waals surface area (Å²) in [6.07, 6.45) is 0.380. The molecule has 0 aromatic carbocycles. The van der Waals surface area contributed by atoms with Crippen molar-refractivity contribution in [1.82, 2.24) is 10.2 Å². The molecule has 2 atom stereocenters. The molecule has 0 radical (unpaired) electrons. The molecule has 0 bridgehead atoms. The monoisotopic (exact) mass is 344 g/mol. The topological polar surface area (TPSA) is 82.8 Å². The van der Waals surface area contributed by atoms with Crippen molar-refractivity contribution in [2.75, 3.05) is 19.6 Å². The molecule has 1 aliphatic heterocycles. The van der Waals surface area contributed by atoms with Gasteiger partial charge in [0.2, 0.25) is 5.91 Å². The average molecular weight is 345 g/mol. The SMILES string of the molecule is CC(O)C1CCN(C(=O)CNC(=O)c2ccc(Br)o2)C1. The number of hydrogen-bond acceptors (Lipinski definition) is 4. The predicted octanol–water partition coefficient (Wildman–Crippen LogP) is 1.00. The van der Waals surface area contributed by atoms with E-state index in [1.54, 1.807) is 17.9 Å². The van der Waals surface area contributed by atoms with Crippen LogP contribution in [0, 0.1) is 5.92 Å². The Bertz CT molecular complexity index is 500. The van der Waals surface area contributed by atoms with Crippen LogP contribution >= 0.6 is 15.9 Å². The van der Waals surface area contributed by atoms with Crippen molar-refractivity contribution < 1.29 is 19.1 Å². The molecule has 1 aromatic rings. The standard InChI is InChI=1S/C13H17BrN2O4/c1-8(17)9-4-5-16(7-9)12(18)6-15-13(19)10-2-3-11(14)20-10/h2-3,8-9,17H,4-7H2,1H3,(H,15,19). The molecule has 2 amide bonds. The highest BCUT2D eigenvalue weighted by Gasteiger charge is 2.29. The van der Waals surface area contributed by atoms with E-state index in [4.69, 9.17) is 4.42 Å². The van der Waals surface area contributed by atoms with E-state index in [1.165, 1.54) is 6.07 Å². The summed E-state index contributed by atoms with van der Waals surface area (Å²) < 4.78 is 5.56. The zero-order chi connectivity index (χ0) is 14.7. The second-order valence-electron chi connectivity index (χ2n) is 4.92. The minimum Gasteiger partial charge on any atom is -0.444 e. The fourth-order valence-corrected chi connectivity index (χ4v) is 2.51. The summed E-state index contributed by atoms with van der Waals surface area (Å²) in [5.41, 5.74) is 0. The first kappa shape index (κ1) is 15.1. The van der Waals surface area contributed by atoms with Crippen LogP contribution in [0.5, 0.6) is 0 Å². The van der Waals surface area contributed by atoms with E-state index in [-0.39, 0.29) is 24.1 Å². The van der Waals surface area contributed by atoms with Crippen molar-refractivity contribution in [2.24, 2.45) is 5.92 Å². The molecule has 1 aliphatic rings. The third-order valence-corrected chi connectivity index (χ3v) is 3.88. The molecule has 1 aromatic heterocycles. The quantitative estimate of drug-likeness (QED) is 0.853. The van der Waals surface area contributed by atoms with Crippen molar-refractivity contribution in [1.29, 1.82) is 0 Å². The average Bonchev–Trinajstić information content (AvgIpc) is 3.04. The lowest BCUT2D eigenvalue weighted by molar-refractivity contribution is -0.129. The van der Waals surface area contributed by atoms with Gasteiger partial charge in [0.15, 0.2) is 10.4 Å². The fraction of sp³-hybridized carbons (Fsp3) is 0.538. The first-order valence-electron chi connectivity index (χ1n) is 6.46. The van der Waals surface area contributed by atoms with Crippen LogP contribution in [0.4, 0.5) is 0 Å². The van der Waals surface area contributed by atoms with E-state index >= 15 is 0 Å². The Kier molecular flexibility index (Phi) is 4.82. The lowest BCUT2D eigenvalue weighted by Crippen LogP contribution is -2.39. The molecule has 2 rings (SSSR count). The third kappa shape index (κ3) is 3.61. The Morgan fingerprint density at radius 2 is 2.35 bits per heavy atom. The number of halogens is 1. The van der Waals surface area contributed by atoms with E-state index in [1.807, 2.05) is 0 Å². The van der Waals surface area contributed by atoms with Crippen LogP contribution in [0.1, 0.15) is 23.9 Å². The van der Waals surface area contributed by atoms with Crippen LogP contribution in [-0.4, -0.2) is 47.6 Å². The van der Waals surface area contributed by atoms with Crippen LogP contribution in [-0.2, 0) is 4.79 Å². The van der Waals surface area contributed by atoms with Gasteiger partial charge in [-0.05, 0) is 41.4 Å². The van der Waals surface area contributed by atoms with E-state index in [0.717, 1.165) is 6.42 Å². The Morgan fingerprint density at radius 1 is 1.60 bits per heavy atom. The number of furan rings is 1. The van der Waals surface area contributed by atoms with Gasteiger partial charge in [-0.15, -0.1) is 0 Å². The summed E-state index contributed by atoms with van der Waals surface area (Å²) >= 11 is 3.11. The Balaban J connectivity index is 1.80. The number of aliphatic hydroxyl groups is 1. The summed E-state index contributed by atoms with van der Waals surface area (Å²) in [7, 11) is 0. The number of carbonyl (C=O) groups excluding carboxylic acids is 2. The normalized spacial score (nSPS) is 19.9. The van der Waals surface area contributed by atoms with Gasteiger partial charge in [0.25, 0.3) is 5.91 Å². The predicted molar refractivity (Wildman–Crippen MR) is 75.1 cm³/mol. The summed E-state index contributed by atoms with van der Waals surface area (Å²) in [5, 5.41) is 12.0. The molecule has 0 spiro atoms. The maximum atomic E-state index is 11.9. The molecule has 7 heteroatoms. The second-order valence-corrected chi connectivity index (χ2v) is 5.70. The van der Waals surface area contributed by atoms with Gasteiger partial charge in [-0.2, -0.15) is 0 Å². The molecule has 2 unspecified atom stereocenters. The summed E-state index contributed by atoms with van der Waals surface area (Å²) in [6, 6.07) is 3.15. The van der Waals surface area contributed by atoms with E-state index < -0.39 is 12.0 Å². The second kappa shape index (κ2) is 6.41. The van der Waals surface area contributed by atoms with Gasteiger partial charge in [-0.25, -0.2) is 0 Å². The van der Waals surface area contributed by atoms with E-state index in [2.05, 4.69) is 21.2 Å². The number of rotatable bonds is 4. The van der Waals surface area contributed by atoms with Gasteiger partial charge in [-0.1, -0.05) is 0 Å². The number of likely N-dealkylation sites (tertiary alicyclic amines) is 1. The zero-order valence-electron chi connectivity index (χ0n) is 11.1. The highest BCUT2D eigenvalue weighted by molar-refractivity contribution is 9.10. The number of amides is 2. The van der Waals surface area contributed by atoms with Crippen molar-refractivity contribution in [3.05, 3.63) is 22.6 Å². The number of carbonyl (C=O) groups is 2. The molecule has 0 aliphatic carbocycles. The molecule has 110 valence electrons. The van der Waals surface area contributed by atoms with Crippen LogP contribution in [0.3, 0.4) is 0 Å². The van der Waals surface area contributed by atoms with Crippen molar-refractivity contribution in [2.45, 2.75) is 19.4 Å². The minimum absolute atomic E-state index is 0.0658. The first-order chi connectivity index (χ1) is 9.47. The molecule has 20 heavy (non-hydrogen) atoms. The highest BCUT2D eigenvalue weighted by Crippen LogP contribution is 2.19. The maximum absolute atomic E-state index is 11.9. The van der Waals surface area contributed by atoms with Crippen LogP contribution < -0.4 is 5.32 Å². The van der Waals surface area contributed by atoms with Gasteiger partial charge < -0.3 is 19.7 Å². The van der Waals surface area contributed by atoms with Crippen LogP contribution in [0.2, 0.25) is 0 Å². The molecule has 2 N–H and O–H groups in total. The largest absolute Gasteiger partial charge is 0.444 e. The van der Waals surface area contributed by atoms with Crippen LogP contribution in [0.15, 0.2) is 21.2 Å². The van der Waals surface area contributed by atoms with Gasteiger partial charge >= 0.3 is 0 Å². The molecule has 1 saturated heterocycles. The van der Waals surface area contributed by atoms with Crippen molar-refractivity contribution in [3.63, 3.8) is 0 Å².